The third-order valence-electron chi connectivity index (χ3n) is 4.19. The van der Waals surface area contributed by atoms with Crippen LogP contribution in [-0.4, -0.2) is 71.3 Å². The number of amides is 2. The minimum Gasteiger partial charge on any atom is -0.472 e. The van der Waals surface area contributed by atoms with Crippen molar-refractivity contribution in [2.24, 2.45) is 0 Å². The van der Waals surface area contributed by atoms with Gasteiger partial charge >= 0.3 is 0 Å². The Bertz CT molecular complexity index is 509. The number of piperazine rings is 1. The SMILES string of the molecule is CC(C)N(C(=O)CN1CCN(C(=O)c2ccoc2)CC1)C(C)C. The summed E-state index contributed by atoms with van der Waals surface area (Å²) >= 11 is 0. The van der Waals surface area contributed by atoms with Gasteiger partial charge in [0.1, 0.15) is 6.26 Å². The standard InChI is InChI=1S/C17H27N3O3/c1-13(2)20(14(3)4)16(21)11-18-6-8-19(9-7-18)17(22)15-5-10-23-12-15/h5,10,12-14H,6-9,11H2,1-4H3. The quantitative estimate of drug-likeness (QED) is 0.828. The molecule has 0 unspecified atom stereocenters. The fourth-order valence-corrected chi connectivity index (χ4v) is 3.12. The van der Waals surface area contributed by atoms with Gasteiger partial charge in [-0.25, -0.2) is 0 Å². The largest absolute Gasteiger partial charge is 0.472 e. The Morgan fingerprint density at radius 2 is 1.74 bits per heavy atom. The summed E-state index contributed by atoms with van der Waals surface area (Å²) in [5, 5.41) is 0. The lowest BCUT2D eigenvalue weighted by Gasteiger charge is -2.37. The fourth-order valence-electron chi connectivity index (χ4n) is 3.12. The number of nitrogens with zero attached hydrogens (tertiary/aromatic N) is 3. The van der Waals surface area contributed by atoms with Crippen LogP contribution in [0.3, 0.4) is 0 Å². The molecule has 0 aromatic carbocycles. The maximum absolute atomic E-state index is 12.5. The van der Waals surface area contributed by atoms with Gasteiger partial charge in [0.2, 0.25) is 5.91 Å². The van der Waals surface area contributed by atoms with Crippen molar-refractivity contribution in [2.45, 2.75) is 39.8 Å². The Labute approximate surface area is 138 Å². The van der Waals surface area contributed by atoms with Gasteiger partial charge in [-0.05, 0) is 33.8 Å². The first-order valence-electron chi connectivity index (χ1n) is 8.25. The molecule has 2 rings (SSSR count). The smallest absolute Gasteiger partial charge is 0.257 e. The van der Waals surface area contributed by atoms with E-state index in [1.165, 1.54) is 12.5 Å². The average molecular weight is 321 g/mol. The van der Waals surface area contributed by atoms with Crippen molar-refractivity contribution in [2.75, 3.05) is 32.7 Å². The van der Waals surface area contributed by atoms with Crippen LogP contribution >= 0.6 is 0 Å². The zero-order chi connectivity index (χ0) is 17.0. The minimum atomic E-state index is -0.00397. The van der Waals surface area contributed by atoms with Crippen molar-refractivity contribution >= 4 is 11.8 Å². The van der Waals surface area contributed by atoms with E-state index in [1.807, 2.05) is 37.5 Å². The Balaban J connectivity index is 1.85. The van der Waals surface area contributed by atoms with Crippen LogP contribution in [0.25, 0.3) is 0 Å². The van der Waals surface area contributed by atoms with E-state index in [2.05, 4.69) is 4.90 Å². The highest BCUT2D eigenvalue weighted by Crippen LogP contribution is 2.11. The lowest BCUT2D eigenvalue weighted by Crippen LogP contribution is -2.53. The molecule has 0 spiro atoms. The van der Waals surface area contributed by atoms with Crippen molar-refractivity contribution in [3.63, 3.8) is 0 Å². The van der Waals surface area contributed by atoms with Crippen LogP contribution in [0.15, 0.2) is 23.0 Å². The molecule has 128 valence electrons. The van der Waals surface area contributed by atoms with E-state index in [1.54, 1.807) is 6.07 Å². The van der Waals surface area contributed by atoms with Crippen molar-refractivity contribution in [3.8, 4) is 0 Å². The van der Waals surface area contributed by atoms with E-state index in [4.69, 9.17) is 4.42 Å². The predicted octanol–water partition coefficient (Wildman–Crippen LogP) is 1.68. The van der Waals surface area contributed by atoms with Crippen LogP contribution in [0.5, 0.6) is 0 Å². The normalized spacial score (nSPS) is 16.2. The third kappa shape index (κ3) is 4.34. The van der Waals surface area contributed by atoms with Crippen molar-refractivity contribution in [1.29, 1.82) is 0 Å². The van der Waals surface area contributed by atoms with Gasteiger partial charge in [0.15, 0.2) is 0 Å². The summed E-state index contributed by atoms with van der Waals surface area (Å²) in [6.07, 6.45) is 2.98. The number of hydrogen-bond donors (Lipinski definition) is 0. The van der Waals surface area contributed by atoms with E-state index in [9.17, 15) is 9.59 Å². The Morgan fingerprint density at radius 3 is 2.22 bits per heavy atom. The summed E-state index contributed by atoms with van der Waals surface area (Å²) in [6, 6.07) is 2.08. The Hall–Kier alpha value is -1.82. The summed E-state index contributed by atoms with van der Waals surface area (Å²) in [5.41, 5.74) is 0.584. The van der Waals surface area contributed by atoms with Gasteiger partial charge in [-0.3, -0.25) is 14.5 Å². The van der Waals surface area contributed by atoms with Crippen molar-refractivity contribution < 1.29 is 14.0 Å². The molecule has 2 heterocycles. The Morgan fingerprint density at radius 1 is 1.13 bits per heavy atom. The second-order valence-corrected chi connectivity index (χ2v) is 6.57. The summed E-state index contributed by atoms with van der Waals surface area (Å²) in [6.45, 7) is 11.3. The summed E-state index contributed by atoms with van der Waals surface area (Å²) < 4.78 is 4.96. The summed E-state index contributed by atoms with van der Waals surface area (Å²) in [5.74, 6) is 0.153. The molecule has 0 N–H and O–H groups in total. The van der Waals surface area contributed by atoms with Crippen LogP contribution in [-0.2, 0) is 4.79 Å². The second-order valence-electron chi connectivity index (χ2n) is 6.57. The van der Waals surface area contributed by atoms with Gasteiger partial charge in [0.05, 0.1) is 18.4 Å². The first-order valence-corrected chi connectivity index (χ1v) is 8.25. The molecule has 1 aromatic heterocycles. The zero-order valence-corrected chi connectivity index (χ0v) is 14.5. The molecule has 1 aliphatic heterocycles. The lowest BCUT2D eigenvalue weighted by molar-refractivity contribution is -0.136. The third-order valence-corrected chi connectivity index (χ3v) is 4.19. The van der Waals surface area contributed by atoms with E-state index in [0.717, 1.165) is 13.1 Å². The van der Waals surface area contributed by atoms with Crippen molar-refractivity contribution in [1.82, 2.24) is 14.7 Å². The monoisotopic (exact) mass is 321 g/mol. The molecule has 0 bridgehead atoms. The fraction of sp³-hybridized carbons (Fsp3) is 0.647. The van der Waals surface area contributed by atoms with E-state index in [-0.39, 0.29) is 23.9 Å². The molecule has 0 aliphatic carbocycles. The van der Waals surface area contributed by atoms with Crippen LogP contribution in [0.1, 0.15) is 38.1 Å². The number of carbonyl (C=O) groups is 2. The molecule has 1 aliphatic rings. The first kappa shape index (κ1) is 17.5. The number of hydrogen-bond acceptors (Lipinski definition) is 4. The number of furan rings is 1. The summed E-state index contributed by atoms with van der Waals surface area (Å²) in [4.78, 5) is 30.6. The van der Waals surface area contributed by atoms with E-state index < -0.39 is 0 Å². The van der Waals surface area contributed by atoms with Gasteiger partial charge in [-0.1, -0.05) is 0 Å². The van der Waals surface area contributed by atoms with Gasteiger partial charge < -0.3 is 14.2 Å². The van der Waals surface area contributed by atoms with Crippen LogP contribution < -0.4 is 0 Å². The van der Waals surface area contributed by atoms with Crippen LogP contribution in [0.2, 0.25) is 0 Å². The number of carbonyl (C=O) groups excluding carboxylic acids is 2. The second kappa shape index (κ2) is 7.64. The average Bonchev–Trinajstić information content (AvgIpc) is 3.00. The maximum Gasteiger partial charge on any atom is 0.257 e. The predicted molar refractivity (Wildman–Crippen MR) is 88.2 cm³/mol. The molecule has 1 aromatic rings. The highest BCUT2D eigenvalue weighted by atomic mass is 16.3. The molecule has 0 saturated carbocycles. The van der Waals surface area contributed by atoms with E-state index in [0.29, 0.717) is 25.2 Å². The molecule has 6 nitrogen and oxygen atoms in total. The highest BCUT2D eigenvalue weighted by molar-refractivity contribution is 5.93. The molecule has 1 fully saturated rings. The summed E-state index contributed by atoms with van der Waals surface area (Å²) in [7, 11) is 0. The zero-order valence-electron chi connectivity index (χ0n) is 14.5. The highest BCUT2D eigenvalue weighted by Gasteiger charge is 2.26. The van der Waals surface area contributed by atoms with Crippen LogP contribution in [0, 0.1) is 0 Å². The molecule has 6 heteroatoms. The molecular formula is C17H27N3O3. The minimum absolute atomic E-state index is 0.00397. The molecule has 2 amide bonds. The van der Waals surface area contributed by atoms with Gasteiger partial charge in [-0.2, -0.15) is 0 Å². The van der Waals surface area contributed by atoms with Gasteiger partial charge in [0, 0.05) is 38.3 Å². The van der Waals surface area contributed by atoms with Crippen LogP contribution in [0.4, 0.5) is 0 Å². The van der Waals surface area contributed by atoms with Gasteiger partial charge in [-0.15, -0.1) is 0 Å². The molecular weight excluding hydrogens is 294 g/mol. The first-order chi connectivity index (χ1) is 10.9. The number of rotatable bonds is 5. The maximum atomic E-state index is 12.5. The topological polar surface area (TPSA) is 57.0 Å². The Kier molecular flexibility index (Phi) is 5.82. The lowest BCUT2D eigenvalue weighted by atomic mass is 10.2. The van der Waals surface area contributed by atoms with Gasteiger partial charge in [0.25, 0.3) is 5.91 Å². The van der Waals surface area contributed by atoms with Crippen molar-refractivity contribution in [3.05, 3.63) is 24.2 Å². The molecule has 0 atom stereocenters. The molecule has 23 heavy (non-hydrogen) atoms. The molecule has 0 radical (unpaired) electrons. The molecule has 1 saturated heterocycles. The van der Waals surface area contributed by atoms with E-state index >= 15 is 0 Å².